The van der Waals surface area contributed by atoms with Crippen molar-refractivity contribution in [2.75, 3.05) is 46.5 Å². The van der Waals surface area contributed by atoms with Gasteiger partial charge >= 0.3 is 5.69 Å². The van der Waals surface area contributed by atoms with Gasteiger partial charge in [0.25, 0.3) is 5.91 Å². The molecule has 6 rings (SSSR count). The average molecular weight is 677 g/mol. The predicted molar refractivity (Wildman–Crippen MR) is 179 cm³/mol. The number of allylic oxidation sites excluding steroid dienone is 1. The van der Waals surface area contributed by atoms with Gasteiger partial charge in [0.2, 0.25) is 16.3 Å². The molecular formula is C35H40N4O8S. The summed E-state index contributed by atoms with van der Waals surface area (Å²) in [6.07, 6.45) is 2.69. The Bertz CT molecular complexity index is 1900. The number of aromatic nitrogens is 2. The van der Waals surface area contributed by atoms with Crippen LogP contribution in [0.1, 0.15) is 36.8 Å². The minimum absolute atomic E-state index is 0.0200. The first-order valence-electron chi connectivity index (χ1n) is 16.1. The number of rotatable bonds is 12. The summed E-state index contributed by atoms with van der Waals surface area (Å²) in [6, 6.07) is 23.4. The molecule has 3 heterocycles. The van der Waals surface area contributed by atoms with Crippen LogP contribution in [-0.4, -0.2) is 91.0 Å². The number of fused-ring (bicyclic) bond motifs is 1. The molecule has 0 radical (unpaired) electrons. The molecule has 13 heteroatoms. The Hall–Kier alpha value is -4.43. The number of hydrogen-bond acceptors (Lipinski definition) is 8. The molecule has 0 saturated carbocycles. The number of imidazole rings is 1. The number of ether oxygens (including phenoxy) is 3. The molecule has 0 spiro atoms. The van der Waals surface area contributed by atoms with Crippen LogP contribution in [0.2, 0.25) is 0 Å². The molecular weight excluding hydrogens is 636 g/mol. The second-order valence-electron chi connectivity index (χ2n) is 11.8. The number of carbonyl (C=O) groups is 1. The highest BCUT2D eigenvalue weighted by Gasteiger charge is 2.34. The Morgan fingerprint density at radius 2 is 1.71 bits per heavy atom. The number of methoxy groups -OCH3 is 1. The Kier molecular flexibility index (Phi) is 10.3. The van der Waals surface area contributed by atoms with Crippen molar-refractivity contribution in [2.45, 2.75) is 42.4 Å². The fraction of sp³-hybridized carbons (Fsp3) is 0.371. The van der Waals surface area contributed by atoms with Crippen molar-refractivity contribution in [3.63, 3.8) is 0 Å². The minimum Gasteiger partial charge on any atom is -0.497 e. The largest absolute Gasteiger partial charge is 0.497 e. The standard InChI is InChI=1S/C35H40N4O8S/c1-45-28-11-13-29(14-12-28)48(43,44)38(19-21-40)20-22-46-33-24-26(25-7-3-2-4-8-25)23-32(47-33)34(41)37-17-15-27(16-18-37)39-31-10-6-5-9-30(31)36-35(39)42/h2-14,23,26-27,33,40H,15-22,24H2,1H3,(H,36,42)/t26-,33+/m0/s1. The monoisotopic (exact) mass is 676 g/mol. The number of carbonyl (C=O) groups excluding carboxylic acids is 1. The number of sulfonamides is 1. The first-order valence-corrected chi connectivity index (χ1v) is 17.5. The van der Waals surface area contributed by atoms with Crippen molar-refractivity contribution in [1.82, 2.24) is 18.8 Å². The van der Waals surface area contributed by atoms with Crippen LogP contribution in [-0.2, 0) is 24.3 Å². The van der Waals surface area contributed by atoms with Crippen LogP contribution in [0.4, 0.5) is 0 Å². The molecule has 2 atom stereocenters. The van der Waals surface area contributed by atoms with Crippen molar-refractivity contribution in [1.29, 1.82) is 0 Å². The summed E-state index contributed by atoms with van der Waals surface area (Å²) in [6.45, 7) is 0.388. The lowest BCUT2D eigenvalue weighted by Crippen LogP contribution is -2.43. The Balaban J connectivity index is 1.13. The zero-order valence-electron chi connectivity index (χ0n) is 26.7. The number of amides is 1. The molecule has 1 aromatic heterocycles. The molecule has 3 aromatic carbocycles. The van der Waals surface area contributed by atoms with Crippen LogP contribution in [0.25, 0.3) is 11.0 Å². The van der Waals surface area contributed by atoms with E-state index in [1.54, 1.807) is 21.6 Å². The molecule has 1 saturated heterocycles. The Morgan fingerprint density at radius 1 is 1.00 bits per heavy atom. The van der Waals surface area contributed by atoms with Gasteiger partial charge in [0.1, 0.15) is 5.75 Å². The summed E-state index contributed by atoms with van der Waals surface area (Å²) in [4.78, 5) is 31.3. The van der Waals surface area contributed by atoms with Crippen molar-refractivity contribution in [3.8, 4) is 5.75 Å². The van der Waals surface area contributed by atoms with Gasteiger partial charge in [0.05, 0.1) is 36.3 Å². The SMILES string of the molecule is COc1ccc(S(=O)(=O)N(CCO)CCO[C@H]2C[C@@H](c3ccccc3)C=C(C(=O)N3CCC(n4c(=O)[nH]c5ccccc54)CC3)O2)cc1. The van der Waals surface area contributed by atoms with E-state index in [4.69, 9.17) is 14.2 Å². The van der Waals surface area contributed by atoms with E-state index in [1.165, 1.54) is 19.2 Å². The molecule has 4 aromatic rings. The lowest BCUT2D eigenvalue weighted by molar-refractivity contribution is -0.153. The summed E-state index contributed by atoms with van der Waals surface area (Å²) >= 11 is 0. The van der Waals surface area contributed by atoms with Crippen LogP contribution in [0.3, 0.4) is 0 Å². The highest BCUT2D eigenvalue weighted by Crippen LogP contribution is 2.33. The highest BCUT2D eigenvalue weighted by molar-refractivity contribution is 7.89. The van der Waals surface area contributed by atoms with Crippen molar-refractivity contribution in [2.24, 2.45) is 0 Å². The fourth-order valence-corrected chi connectivity index (χ4v) is 7.82. The number of nitrogens with zero attached hydrogens (tertiary/aromatic N) is 3. The third-order valence-electron chi connectivity index (χ3n) is 8.93. The molecule has 2 aliphatic rings. The van der Waals surface area contributed by atoms with Crippen LogP contribution >= 0.6 is 0 Å². The van der Waals surface area contributed by atoms with Crippen molar-refractivity contribution < 1.29 is 32.5 Å². The van der Waals surface area contributed by atoms with E-state index in [0.717, 1.165) is 20.9 Å². The number of hydrogen-bond donors (Lipinski definition) is 2. The number of para-hydroxylation sites is 2. The van der Waals surface area contributed by atoms with Gasteiger partial charge in [-0.2, -0.15) is 4.31 Å². The Morgan fingerprint density at radius 3 is 2.42 bits per heavy atom. The maximum Gasteiger partial charge on any atom is 0.326 e. The number of nitrogens with one attached hydrogen (secondary N) is 1. The average Bonchev–Trinajstić information content (AvgIpc) is 3.46. The molecule has 254 valence electrons. The van der Waals surface area contributed by atoms with Crippen LogP contribution in [0, 0.1) is 0 Å². The molecule has 0 aliphatic carbocycles. The molecule has 1 amide bonds. The molecule has 2 aliphatic heterocycles. The van der Waals surface area contributed by atoms with Gasteiger partial charge in [0, 0.05) is 44.6 Å². The van der Waals surface area contributed by atoms with E-state index >= 15 is 0 Å². The van der Waals surface area contributed by atoms with E-state index in [0.29, 0.717) is 38.1 Å². The summed E-state index contributed by atoms with van der Waals surface area (Å²) < 4.78 is 47.0. The second-order valence-corrected chi connectivity index (χ2v) is 13.8. The zero-order chi connectivity index (χ0) is 33.7. The summed E-state index contributed by atoms with van der Waals surface area (Å²) in [5, 5.41) is 9.63. The number of benzene rings is 3. The van der Waals surface area contributed by atoms with Crippen molar-refractivity contribution in [3.05, 3.63) is 107 Å². The first-order chi connectivity index (χ1) is 23.3. The topological polar surface area (TPSA) is 143 Å². The smallest absolute Gasteiger partial charge is 0.326 e. The summed E-state index contributed by atoms with van der Waals surface area (Å²) in [7, 11) is -2.42. The van der Waals surface area contributed by atoms with Gasteiger partial charge in [-0.3, -0.25) is 9.36 Å². The minimum atomic E-state index is -3.92. The molecule has 12 nitrogen and oxygen atoms in total. The highest BCUT2D eigenvalue weighted by atomic mass is 32.2. The van der Waals surface area contributed by atoms with Gasteiger partial charge in [0.15, 0.2) is 5.76 Å². The fourth-order valence-electron chi connectivity index (χ4n) is 6.41. The van der Waals surface area contributed by atoms with Crippen molar-refractivity contribution >= 4 is 27.0 Å². The van der Waals surface area contributed by atoms with E-state index in [2.05, 4.69) is 4.98 Å². The molecule has 1 fully saturated rings. The summed E-state index contributed by atoms with van der Waals surface area (Å²) in [5.41, 5.74) is 2.49. The number of aliphatic hydroxyl groups is 1. The molecule has 0 bridgehead atoms. The van der Waals surface area contributed by atoms with Gasteiger partial charge in [-0.25, -0.2) is 13.2 Å². The summed E-state index contributed by atoms with van der Waals surface area (Å²) in [5.74, 6) is 0.294. The quantitative estimate of drug-likeness (QED) is 0.232. The normalized spacial score (nSPS) is 18.9. The number of H-pyrrole nitrogens is 1. The molecule has 2 N–H and O–H groups in total. The van der Waals surface area contributed by atoms with Gasteiger partial charge in [-0.15, -0.1) is 0 Å². The van der Waals surface area contributed by atoms with E-state index in [1.807, 2.05) is 60.7 Å². The Labute approximate surface area is 279 Å². The number of likely N-dealkylation sites (tertiary alicyclic amines) is 1. The van der Waals surface area contributed by atoms with Gasteiger partial charge in [-0.1, -0.05) is 42.5 Å². The number of aromatic amines is 1. The van der Waals surface area contributed by atoms with Gasteiger partial charge in [-0.05, 0) is 60.9 Å². The van der Waals surface area contributed by atoms with E-state index in [-0.39, 0.29) is 60.5 Å². The lowest BCUT2D eigenvalue weighted by Gasteiger charge is -2.35. The van der Waals surface area contributed by atoms with Gasteiger partial charge < -0.3 is 29.2 Å². The number of aliphatic hydroxyl groups excluding tert-OH is 1. The van der Waals surface area contributed by atoms with Crippen LogP contribution in [0.15, 0.2) is 100 Å². The second kappa shape index (κ2) is 14.8. The van der Waals surface area contributed by atoms with Crippen LogP contribution in [0.5, 0.6) is 5.75 Å². The first kappa shape index (κ1) is 33.5. The zero-order valence-corrected chi connectivity index (χ0v) is 27.6. The van der Waals surface area contributed by atoms with E-state index in [9.17, 15) is 23.1 Å². The number of piperidine rings is 1. The van der Waals surface area contributed by atoms with Crippen LogP contribution < -0.4 is 10.4 Å². The third-order valence-corrected chi connectivity index (χ3v) is 10.8. The maximum absolute atomic E-state index is 13.8. The van der Waals surface area contributed by atoms with E-state index < -0.39 is 16.3 Å². The lowest BCUT2D eigenvalue weighted by atomic mass is 9.92. The molecule has 0 unspecified atom stereocenters. The third kappa shape index (κ3) is 7.19. The molecule has 48 heavy (non-hydrogen) atoms. The maximum atomic E-state index is 13.8. The predicted octanol–water partition coefficient (Wildman–Crippen LogP) is 3.62.